The van der Waals surface area contributed by atoms with Gasteiger partial charge in [-0.3, -0.25) is 14.8 Å². The highest BCUT2D eigenvalue weighted by atomic mass is 19.4. The molecule has 0 saturated heterocycles. The van der Waals surface area contributed by atoms with Gasteiger partial charge in [0.2, 0.25) is 0 Å². The van der Waals surface area contributed by atoms with Crippen LogP contribution in [0.4, 0.5) is 18.9 Å². The largest absolute Gasteiger partial charge is 0.434 e. The Bertz CT molecular complexity index is 1570. The molecule has 0 bridgehead atoms. The van der Waals surface area contributed by atoms with E-state index < -0.39 is 23.3 Å². The highest BCUT2D eigenvalue weighted by Gasteiger charge is 2.41. The number of nitrogens with one attached hydrogen (secondary N) is 1. The minimum Gasteiger partial charge on any atom is -0.320 e. The van der Waals surface area contributed by atoms with Crippen LogP contribution in [0.1, 0.15) is 21.6 Å². The van der Waals surface area contributed by atoms with E-state index in [1.807, 2.05) is 0 Å². The zero-order chi connectivity index (χ0) is 24.7. The van der Waals surface area contributed by atoms with Crippen molar-refractivity contribution in [2.24, 2.45) is 7.05 Å². The topological polar surface area (TPSA) is 103 Å². The number of nitrogens with zero attached hydrogens (tertiary/aromatic N) is 7. The van der Waals surface area contributed by atoms with Crippen molar-refractivity contribution in [1.29, 1.82) is 0 Å². The third kappa shape index (κ3) is 4.09. The second-order valence-electron chi connectivity index (χ2n) is 7.73. The number of benzene rings is 1. The van der Waals surface area contributed by atoms with Gasteiger partial charge in [-0.2, -0.15) is 33.3 Å². The summed E-state index contributed by atoms with van der Waals surface area (Å²) >= 11 is 0. The van der Waals surface area contributed by atoms with Gasteiger partial charge in [-0.25, -0.2) is 4.68 Å². The Balaban J connectivity index is 1.51. The number of fused-ring (bicyclic) bond motifs is 1. The van der Waals surface area contributed by atoms with Crippen molar-refractivity contribution in [1.82, 2.24) is 34.7 Å². The lowest BCUT2D eigenvalue weighted by molar-refractivity contribution is -0.143. The van der Waals surface area contributed by atoms with Crippen LogP contribution in [-0.4, -0.2) is 40.6 Å². The molecule has 5 aromatic rings. The monoisotopic (exact) mass is 478 g/mol. The number of aryl methyl sites for hydroxylation is 2. The highest BCUT2D eigenvalue weighted by molar-refractivity contribution is 6.05. The number of pyridine rings is 2. The second-order valence-corrected chi connectivity index (χ2v) is 7.73. The number of alkyl halides is 3. The Labute approximate surface area is 196 Å². The van der Waals surface area contributed by atoms with Gasteiger partial charge in [-0.1, -0.05) is 6.07 Å². The van der Waals surface area contributed by atoms with Gasteiger partial charge in [0.15, 0.2) is 5.69 Å². The summed E-state index contributed by atoms with van der Waals surface area (Å²) in [6, 6.07) is 9.63. The zero-order valence-corrected chi connectivity index (χ0v) is 18.4. The molecule has 1 amide bonds. The van der Waals surface area contributed by atoms with Crippen LogP contribution in [0.25, 0.3) is 28.0 Å². The van der Waals surface area contributed by atoms with Crippen LogP contribution in [0, 0.1) is 6.92 Å². The van der Waals surface area contributed by atoms with Crippen molar-refractivity contribution in [2.75, 3.05) is 5.32 Å². The summed E-state index contributed by atoms with van der Waals surface area (Å²) in [5.74, 6) is -0.963. The van der Waals surface area contributed by atoms with Gasteiger partial charge < -0.3 is 5.32 Å². The molecule has 4 heterocycles. The first-order chi connectivity index (χ1) is 16.7. The maximum atomic E-state index is 14.2. The zero-order valence-electron chi connectivity index (χ0n) is 18.4. The van der Waals surface area contributed by atoms with E-state index in [-0.39, 0.29) is 11.4 Å². The van der Waals surface area contributed by atoms with E-state index in [4.69, 9.17) is 0 Å². The van der Waals surface area contributed by atoms with E-state index in [0.717, 1.165) is 10.9 Å². The second kappa shape index (κ2) is 8.31. The quantitative estimate of drug-likeness (QED) is 0.416. The van der Waals surface area contributed by atoms with E-state index in [2.05, 4.69) is 30.6 Å². The summed E-state index contributed by atoms with van der Waals surface area (Å²) in [6.45, 7) is 1.75. The Hall–Kier alpha value is -4.61. The molecule has 0 unspecified atom stereocenters. The lowest BCUT2D eigenvalue weighted by atomic mass is 10.1. The Kier molecular flexibility index (Phi) is 5.27. The van der Waals surface area contributed by atoms with Crippen molar-refractivity contribution >= 4 is 22.5 Å². The summed E-state index contributed by atoms with van der Waals surface area (Å²) in [5, 5.41) is 15.1. The van der Waals surface area contributed by atoms with E-state index in [9.17, 15) is 18.0 Å². The van der Waals surface area contributed by atoms with Crippen LogP contribution in [0.15, 0.2) is 61.2 Å². The Morgan fingerprint density at radius 2 is 1.86 bits per heavy atom. The third-order valence-electron chi connectivity index (χ3n) is 5.31. The first kappa shape index (κ1) is 22.2. The highest BCUT2D eigenvalue weighted by Crippen LogP contribution is 2.35. The number of amides is 1. The number of carbonyl (C=O) groups excluding carboxylic acids is 1. The van der Waals surface area contributed by atoms with Crippen LogP contribution in [0.5, 0.6) is 0 Å². The summed E-state index contributed by atoms with van der Waals surface area (Å²) in [4.78, 5) is 22.8. The fraction of sp³-hybridized carbons (Fsp3) is 0.130. The number of halogens is 3. The molecule has 35 heavy (non-hydrogen) atoms. The molecule has 9 nitrogen and oxygen atoms in total. The maximum absolute atomic E-state index is 14.2. The predicted octanol–water partition coefficient (Wildman–Crippen LogP) is 4.19. The number of rotatable bonds is 4. The van der Waals surface area contributed by atoms with Crippen LogP contribution in [0.3, 0.4) is 0 Å². The fourth-order valence-corrected chi connectivity index (χ4v) is 3.81. The molecular formula is C23H17F3N8O. The van der Waals surface area contributed by atoms with Crippen molar-refractivity contribution in [2.45, 2.75) is 13.1 Å². The summed E-state index contributed by atoms with van der Waals surface area (Å²) in [6.07, 6.45) is 0.493. The van der Waals surface area contributed by atoms with Gasteiger partial charge in [-0.05, 0) is 42.8 Å². The van der Waals surface area contributed by atoms with Gasteiger partial charge in [0.1, 0.15) is 5.69 Å². The van der Waals surface area contributed by atoms with Gasteiger partial charge in [0.25, 0.3) is 5.91 Å². The molecular weight excluding hydrogens is 461 g/mol. The summed E-state index contributed by atoms with van der Waals surface area (Å²) in [7, 11) is 1.67. The molecule has 0 aliphatic heterocycles. The number of aromatic nitrogens is 7. The summed E-state index contributed by atoms with van der Waals surface area (Å²) in [5.41, 5.74) is 0.838. The first-order valence-corrected chi connectivity index (χ1v) is 10.4. The molecule has 1 N–H and O–H groups in total. The standard InChI is InChI=1S/C23H17F3N8O/c1-13-9-14(10-28-20(13)18-12-29-33(2)32-18)31-22(35)16-11-30-34(21(16)23(24,25)26)19-7-3-6-17-15(19)5-4-8-27-17/h3-12H,1-2H3,(H,31,35). The van der Waals surface area contributed by atoms with Crippen molar-refractivity contribution in [3.63, 3.8) is 0 Å². The lowest BCUT2D eigenvalue weighted by Gasteiger charge is -2.14. The first-order valence-electron chi connectivity index (χ1n) is 10.4. The van der Waals surface area contributed by atoms with E-state index >= 15 is 0 Å². The lowest BCUT2D eigenvalue weighted by Crippen LogP contribution is -2.21. The molecule has 0 aliphatic carbocycles. The number of carbonyl (C=O) groups is 1. The molecule has 12 heteroatoms. The van der Waals surface area contributed by atoms with Crippen molar-refractivity contribution < 1.29 is 18.0 Å². The average molecular weight is 478 g/mol. The molecule has 4 aromatic heterocycles. The van der Waals surface area contributed by atoms with Crippen LogP contribution in [-0.2, 0) is 13.2 Å². The number of hydrogen-bond acceptors (Lipinski definition) is 6. The summed E-state index contributed by atoms with van der Waals surface area (Å²) < 4.78 is 43.2. The molecule has 0 fully saturated rings. The van der Waals surface area contributed by atoms with Crippen LogP contribution in [0.2, 0.25) is 0 Å². The minimum atomic E-state index is -4.85. The molecule has 1 aromatic carbocycles. The predicted molar refractivity (Wildman–Crippen MR) is 121 cm³/mol. The van der Waals surface area contributed by atoms with Crippen molar-refractivity contribution in [3.8, 4) is 17.1 Å². The molecule has 0 radical (unpaired) electrons. The maximum Gasteiger partial charge on any atom is 0.434 e. The SMILES string of the molecule is Cc1cc(NC(=O)c2cnn(-c3cccc4ncccc34)c2C(F)(F)F)cnc1-c1cnn(C)n1. The van der Waals surface area contributed by atoms with Crippen molar-refractivity contribution in [3.05, 3.63) is 78.0 Å². The van der Waals surface area contributed by atoms with Crippen LogP contribution < -0.4 is 5.32 Å². The normalized spacial score (nSPS) is 11.7. The average Bonchev–Trinajstić information content (AvgIpc) is 3.45. The smallest absolute Gasteiger partial charge is 0.320 e. The van der Waals surface area contributed by atoms with Gasteiger partial charge in [0, 0.05) is 18.6 Å². The van der Waals surface area contributed by atoms with Gasteiger partial charge in [0.05, 0.1) is 46.7 Å². The molecule has 176 valence electrons. The minimum absolute atomic E-state index is 0.160. The Morgan fingerprint density at radius 3 is 2.57 bits per heavy atom. The van der Waals surface area contributed by atoms with Gasteiger partial charge in [-0.15, -0.1) is 0 Å². The van der Waals surface area contributed by atoms with E-state index in [1.165, 1.54) is 17.1 Å². The van der Waals surface area contributed by atoms with E-state index in [1.54, 1.807) is 56.7 Å². The molecule has 0 atom stereocenters. The number of hydrogen-bond donors (Lipinski definition) is 1. The molecule has 5 rings (SSSR count). The van der Waals surface area contributed by atoms with E-state index in [0.29, 0.717) is 27.9 Å². The molecule has 0 aliphatic rings. The fourth-order valence-electron chi connectivity index (χ4n) is 3.81. The molecule has 0 saturated carbocycles. The number of anilines is 1. The van der Waals surface area contributed by atoms with Crippen LogP contribution >= 0.6 is 0 Å². The Morgan fingerprint density at radius 1 is 1.03 bits per heavy atom. The molecule has 0 spiro atoms. The van der Waals surface area contributed by atoms with Gasteiger partial charge >= 0.3 is 6.18 Å². The third-order valence-corrected chi connectivity index (χ3v) is 5.31.